The smallest absolute Gasteiger partial charge is 0.328 e. The highest BCUT2D eigenvalue weighted by atomic mass is 16.5. The lowest BCUT2D eigenvalue weighted by Crippen LogP contribution is -2.23. The summed E-state index contributed by atoms with van der Waals surface area (Å²) in [6.07, 6.45) is 1.21. The molecule has 8 nitrogen and oxygen atoms in total. The van der Waals surface area contributed by atoms with Gasteiger partial charge in [0.15, 0.2) is 0 Å². The van der Waals surface area contributed by atoms with Crippen LogP contribution in [0.15, 0.2) is 70.0 Å². The highest BCUT2D eigenvalue weighted by Gasteiger charge is 2.18. The molecule has 0 bridgehead atoms. The van der Waals surface area contributed by atoms with Crippen molar-refractivity contribution in [2.75, 3.05) is 5.32 Å². The third kappa shape index (κ3) is 3.73. The molecule has 0 fully saturated rings. The lowest BCUT2D eigenvalue weighted by atomic mass is 10.2. The Morgan fingerprint density at radius 2 is 1.83 bits per heavy atom. The molecule has 0 aliphatic rings. The van der Waals surface area contributed by atoms with Gasteiger partial charge in [-0.25, -0.2) is 4.98 Å². The van der Waals surface area contributed by atoms with E-state index in [2.05, 4.69) is 15.4 Å². The normalized spacial score (nSPS) is 11.0. The Hall–Kier alpha value is -3.94. The van der Waals surface area contributed by atoms with Crippen molar-refractivity contribution in [3.63, 3.8) is 0 Å². The molecule has 0 spiro atoms. The van der Waals surface area contributed by atoms with Gasteiger partial charge in [0.25, 0.3) is 11.8 Å². The summed E-state index contributed by atoms with van der Waals surface area (Å²) in [5.74, 6) is 0.378. The Bertz CT molecular complexity index is 1230. The molecule has 0 saturated carbocycles. The number of benzene rings is 2. The number of hydrogen-bond acceptors (Lipinski definition) is 6. The Kier molecular flexibility index (Phi) is 4.82. The van der Waals surface area contributed by atoms with E-state index in [0.29, 0.717) is 16.9 Å². The monoisotopic (exact) mass is 390 g/mol. The summed E-state index contributed by atoms with van der Waals surface area (Å²) < 4.78 is 12.5. The fraction of sp³-hybridized carbons (Fsp3) is 0.143. The van der Waals surface area contributed by atoms with Gasteiger partial charge in [0.05, 0.1) is 17.9 Å². The summed E-state index contributed by atoms with van der Waals surface area (Å²) in [4.78, 5) is 29.2. The number of nitrogens with one attached hydrogen (secondary N) is 1. The quantitative estimate of drug-likeness (QED) is 0.561. The largest absolute Gasteiger partial charge is 0.490 e. The number of carbonyl (C=O) groups excluding carboxylic acids is 1. The minimum absolute atomic E-state index is 0.00270. The summed E-state index contributed by atoms with van der Waals surface area (Å²) >= 11 is 0. The van der Waals surface area contributed by atoms with Gasteiger partial charge in [-0.15, -0.1) is 9.61 Å². The molecule has 2 heterocycles. The number of carbonyl (C=O) groups is 1. The summed E-state index contributed by atoms with van der Waals surface area (Å²) in [6, 6.07) is 15.8. The molecule has 4 aromatic rings. The van der Waals surface area contributed by atoms with Gasteiger partial charge in [-0.05, 0) is 38.1 Å². The van der Waals surface area contributed by atoms with E-state index in [9.17, 15) is 9.59 Å². The molecule has 0 radical (unpaired) electrons. The van der Waals surface area contributed by atoms with E-state index >= 15 is 0 Å². The Labute approximate surface area is 165 Å². The van der Waals surface area contributed by atoms with Gasteiger partial charge < -0.3 is 14.5 Å². The van der Waals surface area contributed by atoms with Crippen molar-refractivity contribution in [1.29, 1.82) is 0 Å². The van der Waals surface area contributed by atoms with Crippen molar-refractivity contribution in [2.24, 2.45) is 0 Å². The molecule has 29 heavy (non-hydrogen) atoms. The highest BCUT2D eigenvalue weighted by molar-refractivity contribution is 6.04. The van der Waals surface area contributed by atoms with Crippen molar-refractivity contribution in [3.8, 4) is 17.2 Å². The maximum atomic E-state index is 12.8. The number of nitrogens with zero attached hydrogens (tertiary/aromatic N) is 3. The molecule has 0 aliphatic carbocycles. The van der Waals surface area contributed by atoms with E-state index < -0.39 is 11.5 Å². The molecule has 1 N–H and O–H groups in total. The second kappa shape index (κ2) is 7.59. The number of rotatable bonds is 5. The van der Waals surface area contributed by atoms with Crippen molar-refractivity contribution in [3.05, 3.63) is 76.7 Å². The Morgan fingerprint density at radius 3 is 2.59 bits per heavy atom. The van der Waals surface area contributed by atoms with E-state index in [-0.39, 0.29) is 23.5 Å². The van der Waals surface area contributed by atoms with Crippen LogP contribution in [0.2, 0.25) is 0 Å². The number of hydrogen-bond donors (Lipinski definition) is 1. The average molecular weight is 390 g/mol. The van der Waals surface area contributed by atoms with Gasteiger partial charge in [-0.1, -0.05) is 30.3 Å². The first-order valence-corrected chi connectivity index (χ1v) is 9.04. The van der Waals surface area contributed by atoms with Crippen molar-refractivity contribution < 1.29 is 13.9 Å². The average Bonchev–Trinajstić information content (AvgIpc) is 3.16. The minimum atomic E-state index is -0.545. The molecule has 8 heteroatoms. The summed E-state index contributed by atoms with van der Waals surface area (Å²) in [5, 5.41) is 6.80. The van der Waals surface area contributed by atoms with Crippen molar-refractivity contribution in [1.82, 2.24) is 14.6 Å². The maximum absolute atomic E-state index is 12.8. The third-order valence-electron chi connectivity index (χ3n) is 4.05. The van der Waals surface area contributed by atoms with Gasteiger partial charge in [0.1, 0.15) is 11.4 Å². The molecule has 1 amide bonds. The van der Waals surface area contributed by atoms with Crippen LogP contribution in [0.3, 0.4) is 0 Å². The fourth-order valence-electron chi connectivity index (χ4n) is 2.76. The minimum Gasteiger partial charge on any atom is -0.490 e. The molecular formula is C21H18N4O4. The first kappa shape index (κ1) is 18.4. The molecule has 0 atom stereocenters. The number of anilines is 1. The zero-order valence-corrected chi connectivity index (χ0v) is 15.8. The van der Waals surface area contributed by atoms with Crippen LogP contribution in [0, 0.1) is 0 Å². The van der Waals surface area contributed by atoms with Crippen molar-refractivity contribution >= 4 is 17.4 Å². The van der Waals surface area contributed by atoms with Crippen LogP contribution in [-0.2, 0) is 0 Å². The van der Waals surface area contributed by atoms with E-state index in [1.807, 2.05) is 26.0 Å². The van der Waals surface area contributed by atoms with E-state index in [4.69, 9.17) is 9.15 Å². The number of amides is 1. The number of fused-ring (bicyclic) bond motifs is 1. The zero-order valence-electron chi connectivity index (χ0n) is 15.8. The summed E-state index contributed by atoms with van der Waals surface area (Å²) in [7, 11) is 0. The highest BCUT2D eigenvalue weighted by Crippen LogP contribution is 2.29. The molecule has 4 rings (SSSR count). The summed E-state index contributed by atoms with van der Waals surface area (Å²) in [5.41, 5.74) is 0.484. The fourth-order valence-corrected chi connectivity index (χ4v) is 2.76. The standard InChI is InChI=1S/C21H18N4O4/c1-13(2)28-17-11-7-6-10-15(17)19-24-25-20(27)16(12-22-21(25)29-19)23-18(26)14-8-4-3-5-9-14/h3-13H,1-2H3,(H,23,26). The second-order valence-corrected chi connectivity index (χ2v) is 6.56. The van der Waals surface area contributed by atoms with Crippen LogP contribution in [-0.4, -0.2) is 26.6 Å². The number of aromatic nitrogens is 3. The van der Waals surface area contributed by atoms with Crippen molar-refractivity contribution in [2.45, 2.75) is 20.0 Å². The van der Waals surface area contributed by atoms with Crippen LogP contribution < -0.4 is 15.6 Å². The third-order valence-corrected chi connectivity index (χ3v) is 4.05. The van der Waals surface area contributed by atoms with Crippen LogP contribution >= 0.6 is 0 Å². The molecule has 0 unspecified atom stereocenters. The van der Waals surface area contributed by atoms with Crippen LogP contribution in [0.25, 0.3) is 17.3 Å². The molecule has 0 aliphatic heterocycles. The molecule has 146 valence electrons. The molecular weight excluding hydrogens is 372 g/mol. The van der Waals surface area contributed by atoms with E-state index in [1.54, 1.807) is 42.5 Å². The van der Waals surface area contributed by atoms with Crippen LogP contribution in [0.1, 0.15) is 24.2 Å². The van der Waals surface area contributed by atoms with Crippen LogP contribution in [0.4, 0.5) is 5.69 Å². The van der Waals surface area contributed by atoms with Gasteiger partial charge in [-0.2, -0.15) is 0 Å². The zero-order chi connectivity index (χ0) is 20.4. The van der Waals surface area contributed by atoms with E-state index in [1.165, 1.54) is 6.20 Å². The molecule has 2 aromatic carbocycles. The second-order valence-electron chi connectivity index (χ2n) is 6.56. The topological polar surface area (TPSA) is 98.7 Å². The predicted octanol–water partition coefficient (Wildman–Crippen LogP) is 3.39. The van der Waals surface area contributed by atoms with E-state index in [0.717, 1.165) is 4.52 Å². The maximum Gasteiger partial charge on any atom is 0.328 e. The Balaban J connectivity index is 1.71. The molecule has 2 aromatic heterocycles. The van der Waals surface area contributed by atoms with Gasteiger partial charge in [0.2, 0.25) is 0 Å². The Morgan fingerprint density at radius 1 is 1.10 bits per heavy atom. The SMILES string of the molecule is CC(C)Oc1ccccc1-c1nn2c(=O)c(NC(=O)c3ccccc3)cnc2o1. The van der Waals surface area contributed by atoms with Gasteiger partial charge in [0, 0.05) is 5.56 Å². The first-order valence-electron chi connectivity index (χ1n) is 9.04. The molecule has 0 saturated heterocycles. The predicted molar refractivity (Wildman–Crippen MR) is 107 cm³/mol. The summed E-state index contributed by atoms with van der Waals surface area (Å²) in [6.45, 7) is 3.83. The number of ether oxygens (including phenoxy) is 1. The number of para-hydroxylation sites is 1. The van der Waals surface area contributed by atoms with Crippen LogP contribution in [0.5, 0.6) is 5.75 Å². The first-order chi connectivity index (χ1) is 14.0. The lowest BCUT2D eigenvalue weighted by molar-refractivity contribution is 0.102. The van der Waals surface area contributed by atoms with Gasteiger partial charge in [-0.3, -0.25) is 9.59 Å². The lowest BCUT2D eigenvalue weighted by Gasteiger charge is -2.11. The van der Waals surface area contributed by atoms with Gasteiger partial charge >= 0.3 is 11.4 Å².